The molecule has 0 bridgehead atoms. The lowest BCUT2D eigenvalue weighted by Crippen LogP contribution is -2.38. The Morgan fingerprint density at radius 2 is 2.37 bits per heavy atom. The molecule has 19 heavy (non-hydrogen) atoms. The zero-order valence-corrected chi connectivity index (χ0v) is 10.5. The number of fused-ring (bicyclic) bond motifs is 1. The van der Waals surface area contributed by atoms with Crippen LogP contribution in [0.5, 0.6) is 0 Å². The summed E-state index contributed by atoms with van der Waals surface area (Å²) in [5.74, 6) is 0.0776. The van der Waals surface area contributed by atoms with Crippen LogP contribution in [-0.2, 0) is 18.3 Å². The zero-order chi connectivity index (χ0) is 13.6. The smallest absolute Gasteiger partial charge is 0.385 e. The van der Waals surface area contributed by atoms with Crippen LogP contribution >= 0.6 is 8.25 Å². The van der Waals surface area contributed by atoms with Crippen molar-refractivity contribution in [2.24, 2.45) is 0 Å². The minimum Gasteiger partial charge on any atom is -0.385 e. The first kappa shape index (κ1) is 12.6. The fraction of sp³-hybridized carbons (Fsp3) is 0.556. The number of anilines is 1. The summed E-state index contributed by atoms with van der Waals surface area (Å²) in [7, 11) is -2.26. The molecule has 0 amide bonds. The van der Waals surface area contributed by atoms with E-state index in [-0.39, 0.29) is 12.4 Å². The van der Waals surface area contributed by atoms with Gasteiger partial charge in [0.1, 0.15) is 24.6 Å². The number of ether oxygens (including phenoxy) is 1. The number of hydrogen-bond acceptors (Lipinski definition) is 8. The Bertz CT molecular complexity index is 577. The fourth-order valence-electron chi connectivity index (χ4n) is 2.10. The first-order valence-corrected chi connectivity index (χ1v) is 6.61. The maximum absolute atomic E-state index is 11.7. The monoisotopic (exact) mass is 288 g/mol. The van der Waals surface area contributed by atoms with Crippen LogP contribution < -0.4 is 11.4 Å². The van der Waals surface area contributed by atoms with Crippen LogP contribution in [-0.4, -0.2) is 39.6 Å². The van der Waals surface area contributed by atoms with Crippen LogP contribution in [0.1, 0.15) is 6.23 Å². The lowest BCUT2D eigenvalue weighted by Gasteiger charge is -2.16. The Morgan fingerprint density at radius 3 is 3.11 bits per heavy atom. The molecule has 0 saturated carbocycles. The Balaban J connectivity index is 1.90. The Labute approximate surface area is 107 Å². The van der Waals surface area contributed by atoms with Crippen LogP contribution in [0.3, 0.4) is 0 Å². The predicted octanol–water partition coefficient (Wildman–Crippen LogP) is -0.843. The third kappa shape index (κ3) is 2.15. The number of nitrogen functional groups attached to an aromatic ring is 1. The molecule has 0 aliphatic carbocycles. The standard InChI is InChI=1S/C9H10N3O6P/c10-5-1-2-12(9(14)11-5)8-6(13)7-4(17-8)3-16-19(15)18-7/h1-2,4,6-8,13H,3H2,(H-,10,11,14)/p+1/t4?,6-,7+,8+/m0/s1. The number of hydrogen-bond donors (Lipinski definition) is 2. The highest BCUT2D eigenvalue weighted by Crippen LogP contribution is 2.41. The quantitative estimate of drug-likeness (QED) is 0.640. The number of aliphatic hydroxyl groups is 1. The van der Waals surface area contributed by atoms with Crippen LogP contribution in [0, 0.1) is 0 Å². The highest BCUT2D eigenvalue weighted by Gasteiger charge is 2.54. The van der Waals surface area contributed by atoms with Crippen molar-refractivity contribution >= 4 is 14.1 Å². The van der Waals surface area contributed by atoms with Gasteiger partial charge in [0, 0.05) is 10.8 Å². The van der Waals surface area contributed by atoms with Crippen molar-refractivity contribution in [3.8, 4) is 0 Å². The predicted molar refractivity (Wildman–Crippen MR) is 61.3 cm³/mol. The van der Waals surface area contributed by atoms with E-state index in [0.29, 0.717) is 0 Å². The Hall–Kier alpha value is -1.38. The van der Waals surface area contributed by atoms with Gasteiger partial charge < -0.3 is 15.6 Å². The first-order valence-electron chi connectivity index (χ1n) is 5.51. The normalized spacial score (nSPS) is 36.2. The van der Waals surface area contributed by atoms with E-state index in [1.165, 1.54) is 12.3 Å². The molecular weight excluding hydrogens is 277 g/mol. The van der Waals surface area contributed by atoms with Gasteiger partial charge >= 0.3 is 13.9 Å². The summed E-state index contributed by atoms with van der Waals surface area (Å²) in [5, 5.41) is 10.1. The lowest BCUT2D eigenvalue weighted by molar-refractivity contribution is -0.0584. The molecule has 1 aromatic rings. The van der Waals surface area contributed by atoms with E-state index in [0.717, 1.165) is 4.57 Å². The minimum atomic E-state index is -2.26. The van der Waals surface area contributed by atoms with Crippen molar-refractivity contribution in [1.82, 2.24) is 9.55 Å². The SMILES string of the molecule is Nc1ccn([C@@H]2OC3CO[P+](=O)O[C@H]3[C@@H]2O)c(=O)n1. The topological polar surface area (TPSA) is 126 Å². The molecule has 3 rings (SSSR count). The second-order valence-corrected chi connectivity index (χ2v) is 5.10. The molecule has 2 fully saturated rings. The van der Waals surface area contributed by atoms with E-state index in [1.54, 1.807) is 0 Å². The molecule has 10 heteroatoms. The number of nitrogens with two attached hydrogens (primary N) is 1. The van der Waals surface area contributed by atoms with E-state index < -0.39 is 38.5 Å². The molecular formula is C9H11N3O6P+. The molecule has 0 radical (unpaired) electrons. The largest absolute Gasteiger partial charge is 0.697 e. The zero-order valence-electron chi connectivity index (χ0n) is 9.58. The van der Waals surface area contributed by atoms with Crippen molar-refractivity contribution < 1.29 is 23.5 Å². The van der Waals surface area contributed by atoms with Gasteiger partial charge in [-0.3, -0.25) is 4.57 Å². The summed E-state index contributed by atoms with van der Waals surface area (Å²) in [6.07, 6.45) is -2.13. The van der Waals surface area contributed by atoms with Crippen molar-refractivity contribution in [3.63, 3.8) is 0 Å². The van der Waals surface area contributed by atoms with Crippen molar-refractivity contribution in [2.75, 3.05) is 12.3 Å². The van der Waals surface area contributed by atoms with Crippen LogP contribution in [0.2, 0.25) is 0 Å². The molecule has 0 spiro atoms. The summed E-state index contributed by atoms with van der Waals surface area (Å²) in [4.78, 5) is 15.2. The summed E-state index contributed by atoms with van der Waals surface area (Å²) < 4.78 is 27.5. The van der Waals surface area contributed by atoms with Crippen molar-refractivity contribution in [1.29, 1.82) is 0 Å². The van der Waals surface area contributed by atoms with E-state index >= 15 is 0 Å². The summed E-state index contributed by atoms with van der Waals surface area (Å²) in [5.41, 5.74) is 4.74. The van der Waals surface area contributed by atoms with Gasteiger partial charge in [-0.2, -0.15) is 4.98 Å². The van der Waals surface area contributed by atoms with Gasteiger partial charge in [-0.15, -0.1) is 9.05 Å². The maximum Gasteiger partial charge on any atom is 0.697 e. The molecule has 3 heterocycles. The molecule has 102 valence electrons. The number of aromatic nitrogens is 2. The van der Waals surface area contributed by atoms with Gasteiger partial charge in [0.15, 0.2) is 12.3 Å². The van der Waals surface area contributed by atoms with Gasteiger partial charge in [0.05, 0.1) is 0 Å². The van der Waals surface area contributed by atoms with E-state index in [2.05, 4.69) is 4.98 Å². The van der Waals surface area contributed by atoms with Crippen molar-refractivity contribution in [3.05, 3.63) is 22.7 Å². The van der Waals surface area contributed by atoms with E-state index in [1.807, 2.05) is 0 Å². The molecule has 2 aliphatic heterocycles. The maximum atomic E-state index is 11.7. The third-order valence-electron chi connectivity index (χ3n) is 2.99. The molecule has 5 atom stereocenters. The Morgan fingerprint density at radius 1 is 1.58 bits per heavy atom. The second-order valence-electron chi connectivity index (χ2n) is 4.19. The average Bonchev–Trinajstić information content (AvgIpc) is 2.67. The van der Waals surface area contributed by atoms with Crippen LogP contribution in [0.4, 0.5) is 5.82 Å². The molecule has 3 N–H and O–H groups in total. The summed E-state index contributed by atoms with van der Waals surface area (Å²) in [6.45, 7) is 0.0323. The average molecular weight is 288 g/mol. The van der Waals surface area contributed by atoms with Crippen LogP contribution in [0.25, 0.3) is 0 Å². The molecule has 0 aromatic carbocycles. The van der Waals surface area contributed by atoms with E-state index in [9.17, 15) is 14.5 Å². The van der Waals surface area contributed by atoms with Gasteiger partial charge in [-0.05, 0) is 6.07 Å². The summed E-state index contributed by atoms with van der Waals surface area (Å²) >= 11 is 0. The van der Waals surface area contributed by atoms with Gasteiger partial charge in [-0.1, -0.05) is 0 Å². The van der Waals surface area contributed by atoms with Gasteiger partial charge in [0.25, 0.3) is 0 Å². The third-order valence-corrected chi connectivity index (χ3v) is 3.76. The lowest BCUT2D eigenvalue weighted by atomic mass is 10.1. The fourth-order valence-corrected chi connectivity index (χ4v) is 2.89. The molecule has 2 saturated heterocycles. The van der Waals surface area contributed by atoms with Gasteiger partial charge in [0.2, 0.25) is 0 Å². The molecule has 2 unspecified atom stereocenters. The first-order chi connectivity index (χ1) is 9.06. The minimum absolute atomic E-state index is 0.0323. The highest BCUT2D eigenvalue weighted by atomic mass is 31.1. The second kappa shape index (κ2) is 4.62. The van der Waals surface area contributed by atoms with Crippen LogP contribution in [0.15, 0.2) is 17.1 Å². The Kier molecular flexibility index (Phi) is 3.08. The summed E-state index contributed by atoms with van der Waals surface area (Å²) in [6, 6.07) is 1.41. The number of nitrogens with zero attached hydrogens (tertiary/aromatic N) is 2. The van der Waals surface area contributed by atoms with E-state index in [4.69, 9.17) is 19.5 Å². The molecule has 1 aromatic heterocycles. The van der Waals surface area contributed by atoms with Crippen molar-refractivity contribution in [2.45, 2.75) is 24.5 Å². The number of aliphatic hydroxyl groups excluding tert-OH is 1. The molecule has 2 aliphatic rings. The number of rotatable bonds is 1. The molecule has 9 nitrogen and oxygen atoms in total. The highest BCUT2D eigenvalue weighted by molar-refractivity contribution is 7.33. The van der Waals surface area contributed by atoms with Gasteiger partial charge in [-0.25, -0.2) is 4.79 Å².